The van der Waals surface area contributed by atoms with E-state index in [1.54, 1.807) is 0 Å². The summed E-state index contributed by atoms with van der Waals surface area (Å²) in [5, 5.41) is 0. The molecule has 2 saturated heterocycles. The molecule has 0 aromatic rings. The summed E-state index contributed by atoms with van der Waals surface area (Å²) in [7, 11) is 0. The van der Waals surface area contributed by atoms with Crippen molar-refractivity contribution in [2.45, 2.75) is 84.3 Å². The van der Waals surface area contributed by atoms with E-state index in [9.17, 15) is 9.59 Å². The fourth-order valence-electron chi connectivity index (χ4n) is 3.21. The highest BCUT2D eigenvalue weighted by molar-refractivity contribution is 7.77. The molecule has 2 heterocycles. The first-order chi connectivity index (χ1) is 10.7. The van der Waals surface area contributed by atoms with Gasteiger partial charge in [0, 0.05) is 19.5 Å². The van der Waals surface area contributed by atoms with Gasteiger partial charge < -0.3 is 4.74 Å². The first-order valence-electron chi connectivity index (χ1n) is 8.73. The van der Waals surface area contributed by atoms with Crippen molar-refractivity contribution in [1.82, 2.24) is 9.21 Å². The van der Waals surface area contributed by atoms with Gasteiger partial charge >= 0.3 is 6.09 Å². The molecular formula is C17H32N2O3S. The van der Waals surface area contributed by atoms with Crippen LogP contribution in [0.15, 0.2) is 0 Å². The Kier molecular flexibility index (Phi) is 7.39. The van der Waals surface area contributed by atoms with Gasteiger partial charge in [-0.2, -0.15) is 0 Å². The van der Waals surface area contributed by atoms with E-state index in [-0.39, 0.29) is 11.4 Å². The van der Waals surface area contributed by atoms with Crippen molar-refractivity contribution in [3.8, 4) is 0 Å². The highest BCUT2D eigenvalue weighted by Crippen LogP contribution is 2.38. The van der Waals surface area contributed by atoms with E-state index in [0.29, 0.717) is 6.42 Å². The summed E-state index contributed by atoms with van der Waals surface area (Å²) in [6.07, 6.45) is 4.22. The predicted octanol–water partition coefficient (Wildman–Crippen LogP) is 4.03. The molecule has 1 spiro atoms. The Labute approximate surface area is 146 Å². The minimum Gasteiger partial charge on any atom is -0.443 e. The molecule has 2 aliphatic heterocycles. The molecule has 5 nitrogen and oxygen atoms in total. The van der Waals surface area contributed by atoms with Crippen LogP contribution in [0.1, 0.15) is 73.1 Å². The second-order valence-electron chi connectivity index (χ2n) is 7.09. The van der Waals surface area contributed by atoms with Gasteiger partial charge in [0.15, 0.2) is 0 Å². The van der Waals surface area contributed by atoms with E-state index in [2.05, 4.69) is 12.8 Å². The number of imide groups is 1. The average Bonchev–Trinajstić information content (AvgIpc) is 2.62. The van der Waals surface area contributed by atoms with Crippen LogP contribution in [0.3, 0.4) is 0 Å². The second kappa shape index (κ2) is 8.38. The number of thiol groups is 1. The van der Waals surface area contributed by atoms with Gasteiger partial charge in [-0.1, -0.05) is 33.1 Å². The molecule has 0 aromatic carbocycles. The Bertz CT molecular complexity index is 413. The number of hydrogen-bond donors (Lipinski definition) is 1. The smallest absolute Gasteiger partial charge is 0.417 e. The van der Waals surface area contributed by atoms with Crippen LogP contribution in [-0.2, 0) is 9.53 Å². The SMILES string of the molecule is CC.CC(C)(C)OC(=O)N1C(=O)CCCCC12CCN(S)CC2. The Morgan fingerprint density at radius 2 is 1.70 bits per heavy atom. The number of carbonyl (C=O) groups excluding carboxylic acids is 2. The minimum absolute atomic E-state index is 0.0886. The third kappa shape index (κ3) is 5.38. The van der Waals surface area contributed by atoms with Gasteiger partial charge in [0.25, 0.3) is 0 Å². The third-order valence-corrected chi connectivity index (χ3v) is 4.65. The molecule has 0 aliphatic carbocycles. The Morgan fingerprint density at radius 3 is 2.22 bits per heavy atom. The van der Waals surface area contributed by atoms with Crippen LogP contribution >= 0.6 is 12.8 Å². The number of carbonyl (C=O) groups is 2. The van der Waals surface area contributed by atoms with Crippen molar-refractivity contribution < 1.29 is 14.3 Å². The Balaban J connectivity index is 0.00000127. The molecule has 0 unspecified atom stereocenters. The Morgan fingerprint density at radius 1 is 1.13 bits per heavy atom. The lowest BCUT2D eigenvalue weighted by Crippen LogP contribution is -2.58. The summed E-state index contributed by atoms with van der Waals surface area (Å²) in [5.41, 5.74) is -0.968. The molecule has 2 fully saturated rings. The zero-order chi connectivity index (χ0) is 17.7. The van der Waals surface area contributed by atoms with Crippen LogP contribution < -0.4 is 0 Å². The number of hydrogen-bond acceptors (Lipinski definition) is 5. The predicted molar refractivity (Wildman–Crippen MR) is 95.4 cm³/mol. The summed E-state index contributed by atoms with van der Waals surface area (Å²) in [4.78, 5) is 26.5. The van der Waals surface area contributed by atoms with Gasteiger partial charge in [-0.05, 0) is 46.5 Å². The van der Waals surface area contributed by atoms with Crippen LogP contribution in [0.2, 0.25) is 0 Å². The fourth-order valence-corrected chi connectivity index (χ4v) is 3.41. The van der Waals surface area contributed by atoms with E-state index in [0.717, 1.165) is 45.2 Å². The number of nitrogens with zero attached hydrogens (tertiary/aromatic N) is 2. The zero-order valence-electron chi connectivity index (χ0n) is 15.2. The first kappa shape index (κ1) is 20.3. The maximum atomic E-state index is 12.6. The highest BCUT2D eigenvalue weighted by Gasteiger charge is 2.47. The number of ether oxygens (including phenoxy) is 1. The maximum absolute atomic E-state index is 12.6. The molecule has 0 radical (unpaired) electrons. The standard InChI is InChI=1S/C15H26N2O3S.C2H6/c1-14(2,3)20-13(19)17-12(18)6-4-5-7-15(17)8-10-16(21)11-9-15;1-2/h21H,4-11H2,1-3H3;1-2H3. The van der Waals surface area contributed by atoms with Crippen LogP contribution in [0.4, 0.5) is 4.79 Å². The molecule has 0 N–H and O–H groups in total. The molecule has 0 atom stereocenters. The number of likely N-dealkylation sites (tertiary alicyclic amines) is 1. The van der Waals surface area contributed by atoms with Crippen molar-refractivity contribution in [2.75, 3.05) is 13.1 Å². The lowest BCUT2D eigenvalue weighted by molar-refractivity contribution is -0.136. The molecule has 0 bridgehead atoms. The Hall–Kier alpha value is -0.750. The molecule has 2 aliphatic rings. The van der Waals surface area contributed by atoms with E-state index >= 15 is 0 Å². The van der Waals surface area contributed by atoms with Gasteiger partial charge in [0.05, 0.1) is 5.54 Å². The molecule has 134 valence electrons. The van der Waals surface area contributed by atoms with Gasteiger partial charge in [0.1, 0.15) is 5.60 Å². The quantitative estimate of drug-likeness (QED) is 0.674. The van der Waals surface area contributed by atoms with E-state index < -0.39 is 11.7 Å². The first-order valence-corrected chi connectivity index (χ1v) is 9.13. The molecule has 23 heavy (non-hydrogen) atoms. The van der Waals surface area contributed by atoms with E-state index in [1.807, 2.05) is 38.9 Å². The van der Waals surface area contributed by atoms with Gasteiger partial charge in [-0.25, -0.2) is 9.69 Å². The highest BCUT2D eigenvalue weighted by atomic mass is 32.1. The van der Waals surface area contributed by atoms with Crippen molar-refractivity contribution in [3.05, 3.63) is 0 Å². The van der Waals surface area contributed by atoms with Crippen molar-refractivity contribution in [3.63, 3.8) is 0 Å². The molecular weight excluding hydrogens is 312 g/mol. The van der Waals surface area contributed by atoms with Crippen LogP contribution in [0, 0.1) is 0 Å². The van der Waals surface area contributed by atoms with Crippen LogP contribution in [0.5, 0.6) is 0 Å². The van der Waals surface area contributed by atoms with Gasteiger partial charge in [-0.15, -0.1) is 0 Å². The topological polar surface area (TPSA) is 49.9 Å². The summed E-state index contributed by atoms with van der Waals surface area (Å²) in [6.45, 7) is 11.1. The summed E-state index contributed by atoms with van der Waals surface area (Å²) >= 11 is 4.38. The van der Waals surface area contributed by atoms with E-state index in [4.69, 9.17) is 4.74 Å². The number of piperidine rings is 1. The van der Waals surface area contributed by atoms with Gasteiger partial charge in [-0.3, -0.25) is 9.10 Å². The monoisotopic (exact) mass is 344 g/mol. The average molecular weight is 345 g/mol. The summed E-state index contributed by atoms with van der Waals surface area (Å²) in [5.74, 6) is -0.0886. The summed E-state index contributed by atoms with van der Waals surface area (Å²) in [6, 6.07) is 0. The van der Waals surface area contributed by atoms with Crippen LogP contribution in [0.25, 0.3) is 0 Å². The second-order valence-corrected chi connectivity index (χ2v) is 7.66. The van der Waals surface area contributed by atoms with E-state index in [1.165, 1.54) is 4.90 Å². The number of amides is 2. The largest absolute Gasteiger partial charge is 0.443 e. The lowest BCUT2D eigenvalue weighted by atomic mass is 9.83. The molecule has 2 amide bonds. The van der Waals surface area contributed by atoms with Crippen molar-refractivity contribution in [1.29, 1.82) is 0 Å². The van der Waals surface area contributed by atoms with Crippen molar-refractivity contribution >= 4 is 24.8 Å². The normalized spacial score (nSPS) is 22.2. The minimum atomic E-state index is -0.588. The third-order valence-electron chi connectivity index (χ3n) is 4.25. The summed E-state index contributed by atoms with van der Waals surface area (Å²) < 4.78 is 7.44. The molecule has 0 aromatic heterocycles. The molecule has 0 saturated carbocycles. The fraction of sp³-hybridized carbons (Fsp3) is 0.882. The van der Waals surface area contributed by atoms with Crippen molar-refractivity contribution in [2.24, 2.45) is 0 Å². The zero-order valence-corrected chi connectivity index (χ0v) is 16.1. The number of rotatable bonds is 0. The van der Waals surface area contributed by atoms with Crippen LogP contribution in [-0.4, -0.2) is 45.4 Å². The maximum Gasteiger partial charge on any atom is 0.417 e. The lowest BCUT2D eigenvalue weighted by Gasteiger charge is -2.46. The molecule has 6 heteroatoms. The van der Waals surface area contributed by atoms with Gasteiger partial charge in [0.2, 0.25) is 5.91 Å². The molecule has 2 rings (SSSR count).